The van der Waals surface area contributed by atoms with E-state index in [1.54, 1.807) is 6.92 Å². The van der Waals surface area contributed by atoms with E-state index in [-0.39, 0.29) is 11.4 Å². The van der Waals surface area contributed by atoms with Gasteiger partial charge in [-0.2, -0.15) is 13.2 Å². The minimum atomic E-state index is -4.46. The highest BCUT2D eigenvalue weighted by Gasteiger charge is 2.30. The lowest BCUT2D eigenvalue weighted by molar-refractivity contribution is -0.138. The summed E-state index contributed by atoms with van der Waals surface area (Å²) in [5.74, 6) is -1.79. The van der Waals surface area contributed by atoms with Crippen LogP contribution in [0.15, 0.2) is 24.3 Å². The summed E-state index contributed by atoms with van der Waals surface area (Å²) in [4.78, 5) is 24.9. The van der Waals surface area contributed by atoms with Crippen LogP contribution in [0, 0.1) is 0 Å². The quantitative estimate of drug-likeness (QED) is 0.842. The lowest BCUT2D eigenvalue weighted by atomic mass is 10.1. The molecule has 25 heavy (non-hydrogen) atoms. The number of amides is 1. The number of aryl methyl sites for hydroxylation is 1. The Balaban J connectivity index is 2.23. The number of carboxylic acid groups (broad SMARTS) is 1. The van der Waals surface area contributed by atoms with Gasteiger partial charge in [-0.25, -0.2) is 0 Å². The Morgan fingerprint density at radius 2 is 1.88 bits per heavy atom. The SMILES string of the molecule is CCc1nnsc1C(=O)N(CC(=O)O)Cc1ccc(C(F)(F)F)cc1. The van der Waals surface area contributed by atoms with E-state index in [1.165, 1.54) is 12.1 Å². The minimum Gasteiger partial charge on any atom is -0.480 e. The first-order chi connectivity index (χ1) is 11.7. The van der Waals surface area contributed by atoms with Crippen LogP contribution in [0.2, 0.25) is 0 Å². The topological polar surface area (TPSA) is 83.4 Å². The molecule has 1 N–H and O–H groups in total. The van der Waals surface area contributed by atoms with E-state index in [9.17, 15) is 22.8 Å². The van der Waals surface area contributed by atoms with Gasteiger partial charge in [-0.3, -0.25) is 9.59 Å². The molecular formula is C15H14F3N3O3S. The maximum atomic E-state index is 12.6. The van der Waals surface area contributed by atoms with E-state index in [0.717, 1.165) is 28.6 Å². The molecule has 0 radical (unpaired) electrons. The van der Waals surface area contributed by atoms with E-state index in [2.05, 4.69) is 9.59 Å². The minimum absolute atomic E-state index is 0.135. The fourth-order valence-electron chi connectivity index (χ4n) is 2.13. The lowest BCUT2D eigenvalue weighted by Gasteiger charge is -2.20. The zero-order valence-electron chi connectivity index (χ0n) is 13.1. The van der Waals surface area contributed by atoms with Crippen molar-refractivity contribution < 1.29 is 27.9 Å². The van der Waals surface area contributed by atoms with Gasteiger partial charge in [-0.05, 0) is 35.6 Å². The summed E-state index contributed by atoms with van der Waals surface area (Å²) < 4.78 is 41.5. The number of carboxylic acids is 1. The van der Waals surface area contributed by atoms with Gasteiger partial charge in [-0.1, -0.05) is 23.5 Å². The molecule has 2 rings (SSSR count). The van der Waals surface area contributed by atoms with Crippen molar-refractivity contribution >= 4 is 23.4 Å². The van der Waals surface area contributed by atoms with Crippen LogP contribution in [0.3, 0.4) is 0 Å². The zero-order valence-corrected chi connectivity index (χ0v) is 13.9. The Labute approximate surface area is 145 Å². The maximum Gasteiger partial charge on any atom is 0.416 e. The number of hydrogen-bond donors (Lipinski definition) is 1. The number of rotatable bonds is 6. The Morgan fingerprint density at radius 3 is 2.40 bits per heavy atom. The third-order valence-corrected chi connectivity index (χ3v) is 4.11. The van der Waals surface area contributed by atoms with E-state index in [4.69, 9.17) is 5.11 Å². The number of aromatic nitrogens is 2. The molecule has 6 nitrogen and oxygen atoms in total. The second kappa shape index (κ2) is 7.60. The number of carbonyl (C=O) groups is 2. The molecule has 1 aromatic carbocycles. The fourth-order valence-corrected chi connectivity index (χ4v) is 2.85. The average molecular weight is 373 g/mol. The molecule has 0 spiro atoms. The lowest BCUT2D eigenvalue weighted by Crippen LogP contribution is -2.35. The first-order valence-electron chi connectivity index (χ1n) is 7.20. The number of alkyl halides is 3. The molecule has 0 aliphatic carbocycles. The second-order valence-corrected chi connectivity index (χ2v) is 5.91. The van der Waals surface area contributed by atoms with Crippen LogP contribution in [0.4, 0.5) is 13.2 Å². The predicted octanol–water partition coefficient (Wildman–Crippen LogP) is 2.85. The number of aliphatic carboxylic acids is 1. The number of hydrogen-bond acceptors (Lipinski definition) is 5. The highest BCUT2D eigenvalue weighted by Crippen LogP contribution is 2.29. The van der Waals surface area contributed by atoms with Crippen molar-refractivity contribution in [1.82, 2.24) is 14.5 Å². The maximum absolute atomic E-state index is 12.6. The van der Waals surface area contributed by atoms with E-state index in [0.29, 0.717) is 17.7 Å². The molecule has 0 saturated heterocycles. The summed E-state index contributed by atoms with van der Waals surface area (Å²) in [6.45, 7) is 1.07. The van der Waals surface area contributed by atoms with E-state index >= 15 is 0 Å². The second-order valence-electron chi connectivity index (χ2n) is 5.15. The van der Waals surface area contributed by atoms with Crippen LogP contribution in [0.25, 0.3) is 0 Å². The molecule has 1 aromatic heterocycles. The average Bonchev–Trinajstić information content (AvgIpc) is 3.01. The summed E-state index contributed by atoms with van der Waals surface area (Å²) in [6, 6.07) is 4.22. The molecule has 1 heterocycles. The zero-order chi connectivity index (χ0) is 18.6. The summed E-state index contributed by atoms with van der Waals surface area (Å²) >= 11 is 0.860. The van der Waals surface area contributed by atoms with Crippen LogP contribution >= 0.6 is 11.5 Å². The fraction of sp³-hybridized carbons (Fsp3) is 0.333. The number of halogens is 3. The smallest absolute Gasteiger partial charge is 0.416 e. The van der Waals surface area contributed by atoms with Crippen LogP contribution < -0.4 is 0 Å². The van der Waals surface area contributed by atoms with Gasteiger partial charge in [0.2, 0.25) is 0 Å². The molecule has 0 bridgehead atoms. The predicted molar refractivity (Wildman–Crippen MR) is 83.1 cm³/mol. The van der Waals surface area contributed by atoms with Gasteiger partial charge in [0.05, 0.1) is 11.3 Å². The van der Waals surface area contributed by atoms with Crippen molar-refractivity contribution in [2.45, 2.75) is 26.1 Å². The van der Waals surface area contributed by atoms with Crippen LogP contribution in [0.1, 0.15) is 33.4 Å². The molecule has 0 fully saturated rings. The summed E-state index contributed by atoms with van der Waals surface area (Å²) in [7, 11) is 0. The van der Waals surface area contributed by atoms with Gasteiger partial charge in [-0.15, -0.1) is 5.10 Å². The molecule has 0 unspecified atom stereocenters. The van der Waals surface area contributed by atoms with Gasteiger partial charge < -0.3 is 10.0 Å². The molecule has 134 valence electrons. The van der Waals surface area contributed by atoms with Crippen molar-refractivity contribution in [3.63, 3.8) is 0 Å². The molecule has 2 aromatic rings. The first kappa shape index (κ1) is 18.8. The molecule has 0 atom stereocenters. The Morgan fingerprint density at radius 1 is 1.24 bits per heavy atom. The van der Waals surface area contributed by atoms with Gasteiger partial charge >= 0.3 is 12.1 Å². The van der Waals surface area contributed by atoms with Crippen molar-refractivity contribution in [2.75, 3.05) is 6.54 Å². The number of nitrogens with zero attached hydrogens (tertiary/aromatic N) is 3. The number of benzene rings is 1. The largest absolute Gasteiger partial charge is 0.480 e. The molecule has 10 heteroatoms. The van der Waals surface area contributed by atoms with Crippen molar-refractivity contribution in [1.29, 1.82) is 0 Å². The van der Waals surface area contributed by atoms with Crippen molar-refractivity contribution in [3.05, 3.63) is 46.0 Å². The number of carbonyl (C=O) groups excluding carboxylic acids is 1. The summed E-state index contributed by atoms with van der Waals surface area (Å²) in [5, 5.41) is 12.8. The standard InChI is InChI=1S/C15H14F3N3O3S/c1-2-11-13(25-20-19-11)14(24)21(8-12(22)23)7-9-3-5-10(6-4-9)15(16,17)18/h3-6H,2,7-8H2,1H3,(H,22,23). The Hall–Kier alpha value is -2.49. The third kappa shape index (κ3) is 4.75. The van der Waals surface area contributed by atoms with Gasteiger partial charge in [0.25, 0.3) is 5.91 Å². The highest BCUT2D eigenvalue weighted by atomic mass is 32.1. The van der Waals surface area contributed by atoms with E-state index in [1.807, 2.05) is 0 Å². The monoisotopic (exact) mass is 373 g/mol. The third-order valence-electron chi connectivity index (χ3n) is 3.35. The van der Waals surface area contributed by atoms with Crippen LogP contribution in [-0.2, 0) is 23.9 Å². The molecule has 0 aliphatic heterocycles. The van der Waals surface area contributed by atoms with E-state index < -0.39 is 30.2 Å². The molecule has 1 amide bonds. The first-order valence-corrected chi connectivity index (χ1v) is 7.98. The van der Waals surface area contributed by atoms with Gasteiger partial charge in [0.1, 0.15) is 11.4 Å². The van der Waals surface area contributed by atoms with Crippen LogP contribution in [0.5, 0.6) is 0 Å². The van der Waals surface area contributed by atoms with Gasteiger partial charge in [0, 0.05) is 6.54 Å². The Kier molecular flexibility index (Phi) is 5.73. The van der Waals surface area contributed by atoms with Crippen LogP contribution in [-0.4, -0.2) is 38.0 Å². The normalized spacial score (nSPS) is 11.4. The summed E-state index contributed by atoms with van der Waals surface area (Å²) in [6.07, 6.45) is -4.00. The van der Waals surface area contributed by atoms with Gasteiger partial charge in [0.15, 0.2) is 0 Å². The molecular weight excluding hydrogens is 359 g/mol. The molecule has 0 saturated carbocycles. The van der Waals surface area contributed by atoms with Crippen molar-refractivity contribution in [2.24, 2.45) is 0 Å². The summed E-state index contributed by atoms with van der Waals surface area (Å²) in [5.41, 5.74) is 0.0308. The van der Waals surface area contributed by atoms with Crippen molar-refractivity contribution in [3.8, 4) is 0 Å². The Bertz CT molecular complexity index is 759. The highest BCUT2D eigenvalue weighted by molar-refractivity contribution is 7.08. The molecule has 0 aliphatic rings.